The van der Waals surface area contributed by atoms with Gasteiger partial charge < -0.3 is 15.0 Å². The molecule has 2 amide bonds. The van der Waals surface area contributed by atoms with Crippen LogP contribution in [0.5, 0.6) is 0 Å². The van der Waals surface area contributed by atoms with Crippen molar-refractivity contribution in [1.82, 2.24) is 10.2 Å². The molecule has 0 saturated carbocycles. The molecular formula is C16H26N2O4. The van der Waals surface area contributed by atoms with Crippen LogP contribution >= 0.6 is 0 Å². The molecule has 2 fully saturated rings. The number of rotatable bonds is 2. The Bertz CT molecular complexity index is 469. The van der Waals surface area contributed by atoms with E-state index in [0.717, 1.165) is 19.3 Å². The number of piperidine rings is 1. The van der Waals surface area contributed by atoms with Gasteiger partial charge in [-0.3, -0.25) is 14.4 Å². The first kappa shape index (κ1) is 16.8. The van der Waals surface area contributed by atoms with Gasteiger partial charge in [-0.1, -0.05) is 6.42 Å². The number of likely N-dealkylation sites (tertiary alicyclic amines) is 1. The van der Waals surface area contributed by atoms with Crippen molar-refractivity contribution in [2.45, 2.75) is 58.5 Å². The van der Waals surface area contributed by atoms with E-state index in [1.807, 2.05) is 0 Å². The number of amides is 2. The van der Waals surface area contributed by atoms with Gasteiger partial charge in [0, 0.05) is 19.5 Å². The van der Waals surface area contributed by atoms with E-state index in [9.17, 15) is 14.4 Å². The predicted molar refractivity (Wildman–Crippen MR) is 81.0 cm³/mol. The van der Waals surface area contributed by atoms with Gasteiger partial charge >= 0.3 is 5.97 Å². The molecule has 0 aromatic carbocycles. The number of esters is 1. The second kappa shape index (κ2) is 6.26. The van der Waals surface area contributed by atoms with Gasteiger partial charge in [-0.25, -0.2) is 0 Å². The second-order valence-corrected chi connectivity index (χ2v) is 7.32. The minimum absolute atomic E-state index is 0.00438. The van der Waals surface area contributed by atoms with Crippen molar-refractivity contribution in [2.24, 2.45) is 5.41 Å². The van der Waals surface area contributed by atoms with Crippen molar-refractivity contribution in [2.75, 3.05) is 19.6 Å². The van der Waals surface area contributed by atoms with E-state index < -0.39 is 17.0 Å². The summed E-state index contributed by atoms with van der Waals surface area (Å²) in [6.07, 6.45) is 3.49. The van der Waals surface area contributed by atoms with Gasteiger partial charge in [0.1, 0.15) is 12.1 Å². The monoisotopic (exact) mass is 310 g/mol. The van der Waals surface area contributed by atoms with E-state index >= 15 is 0 Å². The lowest BCUT2D eigenvalue weighted by Gasteiger charge is -2.39. The molecule has 6 nitrogen and oxygen atoms in total. The van der Waals surface area contributed by atoms with Crippen molar-refractivity contribution in [3.63, 3.8) is 0 Å². The molecule has 124 valence electrons. The van der Waals surface area contributed by atoms with Gasteiger partial charge in [-0.15, -0.1) is 0 Å². The summed E-state index contributed by atoms with van der Waals surface area (Å²) in [6, 6.07) is 0. The van der Waals surface area contributed by atoms with Crippen LogP contribution in [0.15, 0.2) is 0 Å². The van der Waals surface area contributed by atoms with Crippen molar-refractivity contribution in [1.29, 1.82) is 0 Å². The summed E-state index contributed by atoms with van der Waals surface area (Å²) in [4.78, 5) is 38.0. The Morgan fingerprint density at radius 1 is 1.27 bits per heavy atom. The number of carbonyl (C=O) groups excluding carboxylic acids is 3. The molecule has 1 unspecified atom stereocenters. The molecule has 22 heavy (non-hydrogen) atoms. The lowest BCUT2D eigenvalue weighted by Crippen LogP contribution is -2.51. The zero-order valence-corrected chi connectivity index (χ0v) is 13.7. The lowest BCUT2D eigenvalue weighted by atomic mass is 9.74. The Balaban J connectivity index is 1.96. The average Bonchev–Trinajstić information content (AvgIpc) is 2.55. The van der Waals surface area contributed by atoms with E-state index in [4.69, 9.17) is 4.74 Å². The first-order chi connectivity index (χ1) is 10.2. The maximum Gasteiger partial charge on any atom is 0.326 e. The van der Waals surface area contributed by atoms with Crippen LogP contribution in [0, 0.1) is 5.41 Å². The Morgan fingerprint density at radius 2 is 2.00 bits per heavy atom. The van der Waals surface area contributed by atoms with E-state index in [0.29, 0.717) is 19.5 Å². The van der Waals surface area contributed by atoms with Gasteiger partial charge in [0.15, 0.2) is 0 Å². The molecule has 0 radical (unpaired) electrons. The molecule has 0 aliphatic carbocycles. The molecule has 0 aromatic heterocycles. The molecule has 0 bridgehead atoms. The van der Waals surface area contributed by atoms with Crippen molar-refractivity contribution >= 4 is 17.8 Å². The third-order valence-electron chi connectivity index (χ3n) is 4.29. The molecule has 1 N–H and O–H groups in total. The summed E-state index contributed by atoms with van der Waals surface area (Å²) in [5, 5.41) is 2.91. The zero-order valence-electron chi connectivity index (χ0n) is 13.7. The van der Waals surface area contributed by atoms with Crippen LogP contribution in [-0.2, 0) is 19.1 Å². The van der Waals surface area contributed by atoms with Crippen LogP contribution in [-0.4, -0.2) is 47.9 Å². The SMILES string of the molecule is CC(C)(C)OC(=O)CN1CCC2(CCCCNC2=O)CC1=O. The van der Waals surface area contributed by atoms with E-state index in [1.165, 1.54) is 4.90 Å². The fourth-order valence-corrected chi connectivity index (χ4v) is 3.16. The fourth-order valence-electron chi connectivity index (χ4n) is 3.16. The number of nitrogens with zero attached hydrogens (tertiary/aromatic N) is 1. The summed E-state index contributed by atoms with van der Waals surface area (Å²) in [6.45, 7) is 6.49. The number of hydrogen-bond donors (Lipinski definition) is 1. The highest BCUT2D eigenvalue weighted by Gasteiger charge is 2.45. The summed E-state index contributed by atoms with van der Waals surface area (Å²) in [5.74, 6) is -0.536. The van der Waals surface area contributed by atoms with Crippen LogP contribution in [0.1, 0.15) is 52.9 Å². The van der Waals surface area contributed by atoms with Crippen LogP contribution in [0.3, 0.4) is 0 Å². The van der Waals surface area contributed by atoms with E-state index in [2.05, 4.69) is 5.32 Å². The molecule has 2 heterocycles. The lowest BCUT2D eigenvalue weighted by molar-refractivity contribution is -0.161. The van der Waals surface area contributed by atoms with E-state index in [1.54, 1.807) is 20.8 Å². The molecule has 2 aliphatic heterocycles. The Kier molecular flexibility index (Phi) is 4.78. The summed E-state index contributed by atoms with van der Waals surface area (Å²) >= 11 is 0. The maximum atomic E-state index is 12.4. The first-order valence-corrected chi connectivity index (χ1v) is 8.00. The zero-order chi connectivity index (χ0) is 16.4. The van der Waals surface area contributed by atoms with Gasteiger partial charge in [-0.2, -0.15) is 0 Å². The topological polar surface area (TPSA) is 75.7 Å². The van der Waals surface area contributed by atoms with Crippen LogP contribution in [0.2, 0.25) is 0 Å². The Labute approximate surface area is 131 Å². The molecular weight excluding hydrogens is 284 g/mol. The Hall–Kier alpha value is -1.59. The highest BCUT2D eigenvalue weighted by Crippen LogP contribution is 2.38. The summed E-state index contributed by atoms with van der Waals surface area (Å²) < 4.78 is 5.25. The maximum absolute atomic E-state index is 12.4. The van der Waals surface area contributed by atoms with Gasteiger partial charge in [0.25, 0.3) is 0 Å². The molecule has 6 heteroatoms. The molecule has 1 atom stereocenters. The normalized spacial score (nSPS) is 26.6. The third kappa shape index (κ3) is 3.99. The van der Waals surface area contributed by atoms with Gasteiger partial charge in [0.05, 0.1) is 5.41 Å². The van der Waals surface area contributed by atoms with Crippen molar-refractivity contribution < 1.29 is 19.1 Å². The minimum Gasteiger partial charge on any atom is -0.459 e. The average molecular weight is 310 g/mol. The van der Waals surface area contributed by atoms with Crippen LogP contribution < -0.4 is 5.32 Å². The minimum atomic E-state index is -0.571. The van der Waals surface area contributed by atoms with Crippen LogP contribution in [0.25, 0.3) is 0 Å². The fraction of sp³-hybridized carbons (Fsp3) is 0.812. The molecule has 2 aliphatic rings. The third-order valence-corrected chi connectivity index (χ3v) is 4.29. The number of nitrogens with one attached hydrogen (secondary N) is 1. The quantitative estimate of drug-likeness (QED) is 0.779. The first-order valence-electron chi connectivity index (χ1n) is 8.00. The largest absolute Gasteiger partial charge is 0.459 e. The van der Waals surface area contributed by atoms with E-state index in [-0.39, 0.29) is 24.8 Å². The molecule has 1 spiro atoms. The number of carbonyl (C=O) groups is 3. The highest BCUT2D eigenvalue weighted by molar-refractivity contribution is 5.91. The highest BCUT2D eigenvalue weighted by atomic mass is 16.6. The Morgan fingerprint density at radius 3 is 2.64 bits per heavy atom. The number of hydrogen-bond acceptors (Lipinski definition) is 4. The summed E-state index contributed by atoms with van der Waals surface area (Å²) in [5.41, 5.74) is -1.13. The molecule has 0 aromatic rings. The van der Waals surface area contributed by atoms with Gasteiger partial charge in [-0.05, 0) is 40.0 Å². The smallest absolute Gasteiger partial charge is 0.326 e. The summed E-state index contributed by atoms with van der Waals surface area (Å²) in [7, 11) is 0. The number of ether oxygens (including phenoxy) is 1. The van der Waals surface area contributed by atoms with Crippen LogP contribution in [0.4, 0.5) is 0 Å². The predicted octanol–water partition coefficient (Wildman–Crippen LogP) is 1.24. The van der Waals surface area contributed by atoms with Gasteiger partial charge in [0.2, 0.25) is 11.8 Å². The standard InChI is InChI=1S/C16H26N2O4/c1-15(2,3)22-13(20)11-18-9-7-16(10-12(18)19)6-4-5-8-17-14(16)21/h4-11H2,1-3H3,(H,17,21). The van der Waals surface area contributed by atoms with Crippen molar-refractivity contribution in [3.05, 3.63) is 0 Å². The van der Waals surface area contributed by atoms with Crippen molar-refractivity contribution in [3.8, 4) is 0 Å². The molecule has 2 rings (SSSR count). The molecule has 2 saturated heterocycles. The second-order valence-electron chi connectivity index (χ2n) is 7.32.